The largest absolute Gasteiger partial charge is 0.573 e. The highest BCUT2D eigenvalue weighted by Crippen LogP contribution is 2.30. The molecule has 0 saturated carbocycles. The molecule has 10 heteroatoms. The van der Waals surface area contributed by atoms with Gasteiger partial charge in [-0.3, -0.25) is 14.3 Å². The van der Waals surface area contributed by atoms with E-state index in [9.17, 15) is 22.8 Å². The van der Waals surface area contributed by atoms with Gasteiger partial charge in [0.2, 0.25) is 0 Å². The summed E-state index contributed by atoms with van der Waals surface area (Å²) in [5, 5.41) is 16.1. The Morgan fingerprint density at radius 3 is 2.23 bits per heavy atom. The summed E-state index contributed by atoms with van der Waals surface area (Å²) < 4.78 is 43.4. The summed E-state index contributed by atoms with van der Waals surface area (Å²) in [6, 6.07) is 14.5. The van der Waals surface area contributed by atoms with Crippen LogP contribution >= 0.6 is 0 Å². The zero-order chi connectivity index (χ0) is 29.7. The lowest BCUT2D eigenvalue weighted by molar-refractivity contribution is -0.274. The van der Waals surface area contributed by atoms with E-state index in [4.69, 9.17) is 10.2 Å². The van der Waals surface area contributed by atoms with Gasteiger partial charge < -0.3 is 15.2 Å². The zero-order valence-electron chi connectivity index (χ0n) is 23.4. The number of halogens is 3. The molecular formula is C30H38F3N3O4. The topological polar surface area (TPSA) is 93.5 Å². The molecule has 2 aromatic carbocycles. The third-order valence-corrected chi connectivity index (χ3v) is 5.85. The van der Waals surface area contributed by atoms with Gasteiger partial charge >= 0.3 is 12.3 Å². The van der Waals surface area contributed by atoms with Crippen LogP contribution < -0.4 is 10.1 Å². The number of nitrogens with zero attached hydrogens (tertiary/aromatic N) is 2. The summed E-state index contributed by atoms with van der Waals surface area (Å²) >= 11 is 0. The molecule has 0 aliphatic carbocycles. The van der Waals surface area contributed by atoms with Crippen LogP contribution in [-0.4, -0.2) is 39.7 Å². The number of hydrogen-bond acceptors (Lipinski definition) is 4. The summed E-state index contributed by atoms with van der Waals surface area (Å²) in [4.78, 5) is 22.8. The molecule has 40 heavy (non-hydrogen) atoms. The molecule has 0 radical (unpaired) electrons. The monoisotopic (exact) mass is 561 g/mol. The predicted molar refractivity (Wildman–Crippen MR) is 148 cm³/mol. The van der Waals surface area contributed by atoms with Crippen molar-refractivity contribution in [3.63, 3.8) is 0 Å². The first kappa shape index (κ1) is 32.4. The molecule has 0 aliphatic rings. The average Bonchev–Trinajstić information content (AvgIpc) is 3.31. The lowest BCUT2D eigenvalue weighted by atomic mass is 10.00. The van der Waals surface area contributed by atoms with E-state index in [2.05, 4.69) is 37.7 Å². The normalized spacial score (nSPS) is 11.8. The second-order valence-corrected chi connectivity index (χ2v) is 9.53. The number of amides is 1. The predicted octanol–water partition coefficient (Wildman–Crippen LogP) is 7.41. The minimum atomic E-state index is -4.76. The number of hydrogen-bond donors (Lipinski definition) is 2. The van der Waals surface area contributed by atoms with E-state index in [-0.39, 0.29) is 30.5 Å². The highest BCUT2D eigenvalue weighted by Gasteiger charge is 2.31. The molecule has 3 aromatic rings. The molecule has 0 spiro atoms. The van der Waals surface area contributed by atoms with E-state index in [1.165, 1.54) is 18.6 Å². The maximum atomic E-state index is 12.6. The number of rotatable bonds is 12. The molecular weight excluding hydrogens is 523 g/mol. The van der Waals surface area contributed by atoms with Gasteiger partial charge in [-0.15, -0.1) is 13.2 Å². The van der Waals surface area contributed by atoms with Gasteiger partial charge in [-0.05, 0) is 54.4 Å². The first-order chi connectivity index (χ1) is 19.0. The van der Waals surface area contributed by atoms with Crippen molar-refractivity contribution in [3.8, 4) is 17.0 Å². The van der Waals surface area contributed by atoms with E-state index in [1.807, 2.05) is 6.07 Å². The second-order valence-electron chi connectivity index (χ2n) is 9.53. The Kier molecular flexibility index (Phi) is 12.7. The molecule has 0 bridgehead atoms. The van der Waals surface area contributed by atoms with Crippen LogP contribution in [-0.2, 0) is 11.3 Å². The molecule has 1 amide bonds. The number of unbranched alkanes of at least 4 members (excludes halogenated alkanes) is 1. The molecule has 1 atom stereocenters. The molecule has 0 saturated heterocycles. The van der Waals surface area contributed by atoms with Gasteiger partial charge in [-0.2, -0.15) is 5.10 Å². The van der Waals surface area contributed by atoms with Crippen LogP contribution in [0.5, 0.6) is 5.75 Å². The number of alkyl halides is 3. The third-order valence-electron chi connectivity index (χ3n) is 5.85. The van der Waals surface area contributed by atoms with Crippen molar-refractivity contribution in [1.29, 1.82) is 0 Å². The summed E-state index contributed by atoms with van der Waals surface area (Å²) in [5.74, 6) is -1.43. The van der Waals surface area contributed by atoms with Gasteiger partial charge in [-0.25, -0.2) is 0 Å². The van der Waals surface area contributed by atoms with Gasteiger partial charge in [0.15, 0.2) is 0 Å². The summed E-state index contributed by atoms with van der Waals surface area (Å²) in [6.45, 7) is 8.90. The van der Waals surface area contributed by atoms with Crippen LogP contribution in [0.4, 0.5) is 13.2 Å². The highest BCUT2D eigenvalue weighted by molar-refractivity contribution is 5.94. The molecule has 0 aliphatic heterocycles. The van der Waals surface area contributed by atoms with Crippen LogP contribution in [0.15, 0.2) is 54.6 Å². The number of ether oxygens (including phenoxy) is 1. The Morgan fingerprint density at radius 1 is 1.05 bits per heavy atom. The number of carboxylic acid groups (broad SMARTS) is 1. The van der Waals surface area contributed by atoms with Crippen molar-refractivity contribution in [3.05, 3.63) is 71.4 Å². The number of carbonyl (C=O) groups excluding carboxylic acids is 1. The number of carbonyl (C=O) groups is 2. The SMILES string of the molecule is CCC.CCCCC(C)c1cc(-c2ccc(OC(F)(F)F)cc2)n(Cc2ccc(C(=O)NCCC(=O)O)cc2)n1. The van der Waals surface area contributed by atoms with Crippen molar-refractivity contribution < 1.29 is 32.6 Å². The molecule has 1 heterocycles. The zero-order valence-corrected chi connectivity index (χ0v) is 23.4. The first-order valence-corrected chi connectivity index (χ1v) is 13.5. The maximum absolute atomic E-state index is 12.6. The molecule has 0 fully saturated rings. The summed E-state index contributed by atoms with van der Waals surface area (Å²) in [6.07, 6.45) is -0.576. The van der Waals surface area contributed by atoms with Crippen LogP contribution in [0.1, 0.15) is 87.3 Å². The Hall–Kier alpha value is -3.82. The summed E-state index contributed by atoms with van der Waals surface area (Å²) in [5.41, 5.74) is 3.63. The van der Waals surface area contributed by atoms with E-state index in [1.54, 1.807) is 41.1 Å². The fraction of sp³-hybridized carbons (Fsp3) is 0.433. The lowest BCUT2D eigenvalue weighted by Gasteiger charge is -2.11. The maximum Gasteiger partial charge on any atom is 0.573 e. The van der Waals surface area contributed by atoms with Crippen molar-refractivity contribution in [2.75, 3.05) is 6.54 Å². The number of benzene rings is 2. The number of carboxylic acids is 1. The highest BCUT2D eigenvalue weighted by atomic mass is 19.4. The quantitative estimate of drug-likeness (QED) is 0.240. The van der Waals surface area contributed by atoms with E-state index < -0.39 is 12.3 Å². The van der Waals surface area contributed by atoms with Gasteiger partial charge in [-0.1, -0.05) is 59.1 Å². The van der Waals surface area contributed by atoms with Gasteiger partial charge in [0.25, 0.3) is 5.91 Å². The molecule has 1 unspecified atom stereocenters. The van der Waals surface area contributed by atoms with Crippen molar-refractivity contribution in [2.45, 2.75) is 78.6 Å². The van der Waals surface area contributed by atoms with E-state index in [0.29, 0.717) is 17.7 Å². The standard InChI is InChI=1S/C27H30F3N3O4.C3H8/c1-3-4-5-18(2)23-16-24(20-10-12-22(13-11-20)37-27(28,29)30)33(32-23)17-19-6-8-21(9-7-19)26(36)31-15-14-25(34)35;1-3-2/h6-13,16,18H,3-5,14-15,17H2,1-2H3,(H,31,36)(H,34,35);3H2,1-2H3. The van der Waals surface area contributed by atoms with E-state index in [0.717, 1.165) is 36.2 Å². The third kappa shape index (κ3) is 10.7. The summed E-state index contributed by atoms with van der Waals surface area (Å²) in [7, 11) is 0. The van der Waals surface area contributed by atoms with Crippen LogP contribution in [0.3, 0.4) is 0 Å². The van der Waals surface area contributed by atoms with Crippen LogP contribution in [0.25, 0.3) is 11.3 Å². The average molecular weight is 562 g/mol. The lowest BCUT2D eigenvalue weighted by Crippen LogP contribution is -2.25. The second kappa shape index (κ2) is 15.7. The fourth-order valence-corrected chi connectivity index (χ4v) is 3.84. The Bertz CT molecular complexity index is 1210. The number of nitrogens with one attached hydrogen (secondary N) is 1. The Labute approximate surface area is 233 Å². The van der Waals surface area contributed by atoms with Crippen LogP contribution in [0.2, 0.25) is 0 Å². The minimum Gasteiger partial charge on any atom is -0.481 e. The number of aromatic nitrogens is 2. The van der Waals surface area contributed by atoms with Crippen molar-refractivity contribution in [1.82, 2.24) is 15.1 Å². The van der Waals surface area contributed by atoms with Gasteiger partial charge in [0, 0.05) is 23.6 Å². The number of aliphatic carboxylic acids is 1. The van der Waals surface area contributed by atoms with E-state index >= 15 is 0 Å². The van der Waals surface area contributed by atoms with Crippen LogP contribution in [0, 0.1) is 0 Å². The molecule has 3 rings (SSSR count). The minimum absolute atomic E-state index is 0.0400. The Balaban J connectivity index is 0.00000178. The smallest absolute Gasteiger partial charge is 0.481 e. The van der Waals surface area contributed by atoms with Gasteiger partial charge in [0.1, 0.15) is 5.75 Å². The molecule has 7 nitrogen and oxygen atoms in total. The fourth-order valence-electron chi connectivity index (χ4n) is 3.84. The van der Waals surface area contributed by atoms with Crippen molar-refractivity contribution >= 4 is 11.9 Å². The molecule has 1 aromatic heterocycles. The first-order valence-electron chi connectivity index (χ1n) is 13.5. The van der Waals surface area contributed by atoms with Gasteiger partial charge in [0.05, 0.1) is 24.4 Å². The van der Waals surface area contributed by atoms with Crippen molar-refractivity contribution in [2.24, 2.45) is 0 Å². The Morgan fingerprint density at radius 2 is 1.68 bits per heavy atom. The molecule has 218 valence electrons. The molecule has 2 N–H and O–H groups in total.